The molecule has 3 rings (SSSR count). The Morgan fingerprint density at radius 1 is 1.33 bits per heavy atom. The minimum absolute atomic E-state index is 0.716. The molecular formula is C15H19N3. The van der Waals surface area contributed by atoms with E-state index in [1.54, 1.807) is 0 Å². The Morgan fingerprint density at radius 2 is 2.17 bits per heavy atom. The van der Waals surface area contributed by atoms with Crippen LogP contribution in [0.5, 0.6) is 0 Å². The van der Waals surface area contributed by atoms with Gasteiger partial charge in [-0.2, -0.15) is 5.10 Å². The van der Waals surface area contributed by atoms with E-state index in [0.717, 1.165) is 18.2 Å². The molecular weight excluding hydrogens is 222 g/mol. The molecule has 0 radical (unpaired) electrons. The summed E-state index contributed by atoms with van der Waals surface area (Å²) in [4.78, 5) is 0. The van der Waals surface area contributed by atoms with Crippen LogP contribution in [0.15, 0.2) is 36.5 Å². The van der Waals surface area contributed by atoms with Gasteiger partial charge in [-0.3, -0.25) is 5.10 Å². The number of benzene rings is 1. The lowest BCUT2D eigenvalue weighted by molar-refractivity contribution is 0.624. The van der Waals surface area contributed by atoms with Crippen molar-refractivity contribution in [3.63, 3.8) is 0 Å². The molecule has 1 aromatic carbocycles. The van der Waals surface area contributed by atoms with Gasteiger partial charge in [0.15, 0.2) is 0 Å². The van der Waals surface area contributed by atoms with Crippen molar-refractivity contribution in [2.24, 2.45) is 5.92 Å². The fourth-order valence-electron chi connectivity index (χ4n) is 2.49. The second-order valence-corrected chi connectivity index (χ2v) is 5.03. The number of hydrogen-bond donors (Lipinski definition) is 2. The Hall–Kier alpha value is -1.61. The van der Waals surface area contributed by atoms with Crippen LogP contribution in [0.1, 0.15) is 25.3 Å². The van der Waals surface area contributed by atoms with Gasteiger partial charge in [-0.15, -0.1) is 0 Å². The normalized spacial score (nSPS) is 22.1. The van der Waals surface area contributed by atoms with Crippen molar-refractivity contribution in [2.45, 2.75) is 32.4 Å². The van der Waals surface area contributed by atoms with Gasteiger partial charge in [0.05, 0.1) is 11.9 Å². The highest BCUT2D eigenvalue weighted by molar-refractivity contribution is 5.62. The molecule has 18 heavy (non-hydrogen) atoms. The third kappa shape index (κ3) is 2.31. The van der Waals surface area contributed by atoms with Gasteiger partial charge in [-0.05, 0) is 17.9 Å². The number of rotatable bonds is 5. The highest BCUT2D eigenvalue weighted by Gasteiger charge is 2.34. The molecule has 0 amide bonds. The number of hydrogen-bond acceptors (Lipinski definition) is 2. The minimum atomic E-state index is 0.716. The molecule has 2 unspecified atom stereocenters. The Labute approximate surface area is 108 Å². The number of aromatic amines is 1. The predicted molar refractivity (Wildman–Crippen MR) is 73.0 cm³/mol. The van der Waals surface area contributed by atoms with Crippen LogP contribution in [0.25, 0.3) is 11.3 Å². The number of nitrogens with one attached hydrogen (secondary N) is 2. The molecule has 1 aromatic heterocycles. The lowest BCUT2D eigenvalue weighted by Crippen LogP contribution is -2.17. The van der Waals surface area contributed by atoms with E-state index in [9.17, 15) is 0 Å². The predicted octanol–water partition coefficient (Wildman–Crippen LogP) is 2.96. The molecule has 1 aliphatic rings. The van der Waals surface area contributed by atoms with Gasteiger partial charge in [-0.1, -0.05) is 43.7 Å². The number of nitrogens with zero attached hydrogens (tertiary/aromatic N) is 1. The van der Waals surface area contributed by atoms with Crippen LogP contribution in [0.3, 0.4) is 0 Å². The van der Waals surface area contributed by atoms with Crippen LogP contribution in [0.4, 0.5) is 0 Å². The van der Waals surface area contributed by atoms with E-state index in [0.29, 0.717) is 6.04 Å². The molecule has 1 fully saturated rings. The molecule has 1 saturated carbocycles. The van der Waals surface area contributed by atoms with Crippen molar-refractivity contribution in [1.29, 1.82) is 0 Å². The van der Waals surface area contributed by atoms with E-state index in [2.05, 4.69) is 46.7 Å². The largest absolute Gasteiger partial charge is 0.309 e. The summed E-state index contributed by atoms with van der Waals surface area (Å²) >= 11 is 0. The molecule has 2 N–H and O–H groups in total. The van der Waals surface area contributed by atoms with Crippen LogP contribution in [0, 0.1) is 5.92 Å². The molecule has 0 saturated heterocycles. The summed E-state index contributed by atoms with van der Waals surface area (Å²) in [7, 11) is 0. The highest BCUT2D eigenvalue weighted by Crippen LogP contribution is 2.33. The van der Waals surface area contributed by atoms with Gasteiger partial charge in [0.1, 0.15) is 0 Å². The quantitative estimate of drug-likeness (QED) is 0.845. The van der Waals surface area contributed by atoms with Crippen molar-refractivity contribution in [1.82, 2.24) is 15.5 Å². The van der Waals surface area contributed by atoms with Crippen molar-refractivity contribution in [3.8, 4) is 11.3 Å². The minimum Gasteiger partial charge on any atom is -0.309 e. The van der Waals surface area contributed by atoms with E-state index in [4.69, 9.17) is 0 Å². The lowest BCUT2D eigenvalue weighted by atomic mass is 10.1. The van der Waals surface area contributed by atoms with Crippen LogP contribution < -0.4 is 5.32 Å². The monoisotopic (exact) mass is 241 g/mol. The van der Waals surface area contributed by atoms with Crippen molar-refractivity contribution < 1.29 is 0 Å². The Kier molecular flexibility index (Phi) is 3.15. The van der Waals surface area contributed by atoms with Crippen LogP contribution in [-0.2, 0) is 6.54 Å². The zero-order valence-electron chi connectivity index (χ0n) is 10.7. The van der Waals surface area contributed by atoms with Gasteiger partial charge in [-0.25, -0.2) is 0 Å². The molecule has 1 heterocycles. The van der Waals surface area contributed by atoms with Crippen molar-refractivity contribution in [3.05, 3.63) is 42.1 Å². The van der Waals surface area contributed by atoms with E-state index >= 15 is 0 Å². The molecule has 2 atom stereocenters. The maximum absolute atomic E-state index is 4.17. The highest BCUT2D eigenvalue weighted by atomic mass is 15.1. The van der Waals surface area contributed by atoms with E-state index in [1.165, 1.54) is 24.0 Å². The first-order valence-corrected chi connectivity index (χ1v) is 6.69. The van der Waals surface area contributed by atoms with Gasteiger partial charge in [0, 0.05) is 18.2 Å². The average molecular weight is 241 g/mol. The van der Waals surface area contributed by atoms with Gasteiger partial charge in [0.2, 0.25) is 0 Å². The summed E-state index contributed by atoms with van der Waals surface area (Å²) in [5.74, 6) is 0.886. The first-order chi connectivity index (χ1) is 8.88. The topological polar surface area (TPSA) is 40.7 Å². The SMILES string of the molecule is CCC1CC1NCc1cn[nH]c1-c1ccccc1. The third-order valence-electron chi connectivity index (χ3n) is 3.78. The summed E-state index contributed by atoms with van der Waals surface area (Å²) in [6.45, 7) is 3.17. The maximum atomic E-state index is 4.17. The summed E-state index contributed by atoms with van der Waals surface area (Å²) in [5.41, 5.74) is 3.59. The fourth-order valence-corrected chi connectivity index (χ4v) is 2.49. The Bertz CT molecular complexity index is 503. The molecule has 0 aliphatic heterocycles. The summed E-state index contributed by atoms with van der Waals surface area (Å²) in [6.07, 6.45) is 4.54. The third-order valence-corrected chi connectivity index (χ3v) is 3.78. The van der Waals surface area contributed by atoms with E-state index < -0.39 is 0 Å². The zero-order valence-corrected chi connectivity index (χ0v) is 10.7. The van der Waals surface area contributed by atoms with Gasteiger partial charge >= 0.3 is 0 Å². The molecule has 94 valence electrons. The standard InChI is InChI=1S/C15H19N3/c1-2-11-8-14(11)16-9-13-10-17-18-15(13)12-6-4-3-5-7-12/h3-7,10-11,14,16H,2,8-9H2,1H3,(H,17,18). The lowest BCUT2D eigenvalue weighted by Gasteiger charge is -2.05. The number of aromatic nitrogens is 2. The molecule has 2 aromatic rings. The first kappa shape index (κ1) is 11.5. The Morgan fingerprint density at radius 3 is 2.89 bits per heavy atom. The fraction of sp³-hybridized carbons (Fsp3) is 0.400. The van der Waals surface area contributed by atoms with Crippen LogP contribution in [-0.4, -0.2) is 16.2 Å². The van der Waals surface area contributed by atoms with Crippen LogP contribution in [0.2, 0.25) is 0 Å². The smallest absolute Gasteiger partial charge is 0.0695 e. The molecule has 0 spiro atoms. The van der Waals surface area contributed by atoms with Gasteiger partial charge in [0.25, 0.3) is 0 Å². The molecule has 1 aliphatic carbocycles. The zero-order chi connectivity index (χ0) is 12.4. The first-order valence-electron chi connectivity index (χ1n) is 6.69. The van der Waals surface area contributed by atoms with E-state index in [-0.39, 0.29) is 0 Å². The van der Waals surface area contributed by atoms with Gasteiger partial charge < -0.3 is 5.32 Å². The van der Waals surface area contributed by atoms with Crippen molar-refractivity contribution in [2.75, 3.05) is 0 Å². The molecule has 3 heteroatoms. The molecule has 3 nitrogen and oxygen atoms in total. The molecule has 0 bridgehead atoms. The van der Waals surface area contributed by atoms with Crippen molar-refractivity contribution >= 4 is 0 Å². The average Bonchev–Trinajstić information content (AvgIpc) is 3.04. The second kappa shape index (κ2) is 4.94. The maximum Gasteiger partial charge on any atom is 0.0695 e. The Balaban J connectivity index is 1.68. The second-order valence-electron chi connectivity index (χ2n) is 5.03. The summed E-state index contributed by atoms with van der Waals surface area (Å²) < 4.78 is 0. The van der Waals surface area contributed by atoms with E-state index in [1.807, 2.05) is 12.3 Å². The number of H-pyrrole nitrogens is 1. The summed E-state index contributed by atoms with van der Waals surface area (Å²) in [6, 6.07) is 11.1. The van der Waals surface area contributed by atoms with Crippen LogP contribution >= 0.6 is 0 Å². The summed E-state index contributed by atoms with van der Waals surface area (Å²) in [5, 5.41) is 10.9.